The van der Waals surface area contributed by atoms with Gasteiger partial charge in [-0.3, -0.25) is 4.79 Å². The maximum absolute atomic E-state index is 12.6. The molecule has 1 aliphatic heterocycles. The molecule has 0 bridgehead atoms. The number of ether oxygens (including phenoxy) is 2. The predicted molar refractivity (Wildman–Crippen MR) is 227 cm³/mol. The van der Waals surface area contributed by atoms with Crippen molar-refractivity contribution < 1.29 is 14.3 Å². The number of likely N-dealkylation sites (tertiary alicyclic amines) is 1. The standard InChI is InChI=1S/C47H90N2O3/c1-3-5-7-9-11-13-15-17-19-21-23-25-27-29-31-35-42-51-45-46(44-48-47(50)38-37-41-49-39-33-34-40-49)52-43-36-32-30-28-26-24-22-20-18-16-14-12-10-8-6-4-2/h17-20,46H,3-16,21-45H2,1-2H3,(H,48,50)/b19-17-,20-18-. The number of amides is 1. The number of hydrogen-bond acceptors (Lipinski definition) is 4. The van der Waals surface area contributed by atoms with Gasteiger partial charge >= 0.3 is 0 Å². The van der Waals surface area contributed by atoms with Crippen LogP contribution in [0.2, 0.25) is 0 Å². The summed E-state index contributed by atoms with van der Waals surface area (Å²) in [6, 6.07) is 0. The third kappa shape index (κ3) is 35.8. The molecule has 5 nitrogen and oxygen atoms in total. The molecule has 1 rings (SSSR count). The third-order valence-electron chi connectivity index (χ3n) is 10.7. The minimum atomic E-state index is -0.0558. The van der Waals surface area contributed by atoms with E-state index in [1.54, 1.807) is 0 Å². The maximum Gasteiger partial charge on any atom is 0.220 e. The van der Waals surface area contributed by atoms with Gasteiger partial charge in [0.25, 0.3) is 0 Å². The average Bonchev–Trinajstić information content (AvgIpc) is 3.68. The lowest BCUT2D eigenvalue weighted by Crippen LogP contribution is -2.37. The Bertz CT molecular complexity index is 779. The third-order valence-corrected chi connectivity index (χ3v) is 10.7. The average molecular weight is 731 g/mol. The second-order valence-electron chi connectivity index (χ2n) is 15.9. The fraction of sp³-hybridized carbons (Fsp3) is 0.894. The quantitative estimate of drug-likeness (QED) is 0.0503. The minimum absolute atomic E-state index is 0.0558. The van der Waals surface area contributed by atoms with Crippen LogP contribution in [0.15, 0.2) is 24.3 Å². The van der Waals surface area contributed by atoms with E-state index in [1.807, 2.05) is 0 Å². The van der Waals surface area contributed by atoms with Crippen molar-refractivity contribution in [1.29, 1.82) is 0 Å². The lowest BCUT2D eigenvalue weighted by molar-refractivity contribution is -0.122. The summed E-state index contributed by atoms with van der Waals surface area (Å²) in [4.78, 5) is 15.0. The molecular weight excluding hydrogens is 641 g/mol. The van der Waals surface area contributed by atoms with Crippen molar-refractivity contribution in [2.45, 2.75) is 225 Å². The highest BCUT2D eigenvalue weighted by Crippen LogP contribution is 2.13. The first-order chi connectivity index (χ1) is 25.8. The summed E-state index contributed by atoms with van der Waals surface area (Å²) in [7, 11) is 0. The van der Waals surface area contributed by atoms with E-state index in [0.29, 0.717) is 19.6 Å². The van der Waals surface area contributed by atoms with Gasteiger partial charge in [-0.15, -0.1) is 0 Å². The molecule has 0 radical (unpaired) electrons. The van der Waals surface area contributed by atoms with Gasteiger partial charge in [0.15, 0.2) is 0 Å². The normalized spacial score (nSPS) is 14.3. The summed E-state index contributed by atoms with van der Waals surface area (Å²) in [6.07, 6.45) is 50.6. The molecule has 306 valence electrons. The maximum atomic E-state index is 12.6. The molecule has 1 atom stereocenters. The van der Waals surface area contributed by atoms with Gasteiger partial charge in [-0.25, -0.2) is 0 Å². The van der Waals surface area contributed by atoms with E-state index in [-0.39, 0.29) is 12.0 Å². The number of allylic oxidation sites excluding steroid dienone is 4. The van der Waals surface area contributed by atoms with Gasteiger partial charge in [-0.2, -0.15) is 0 Å². The monoisotopic (exact) mass is 731 g/mol. The van der Waals surface area contributed by atoms with Crippen LogP contribution in [-0.2, 0) is 14.3 Å². The molecule has 1 heterocycles. The first kappa shape index (κ1) is 48.8. The summed E-state index contributed by atoms with van der Waals surface area (Å²) in [5, 5.41) is 3.15. The number of carbonyl (C=O) groups excluding carboxylic acids is 1. The van der Waals surface area contributed by atoms with Crippen LogP contribution in [0, 0.1) is 0 Å². The Morgan fingerprint density at radius 2 is 0.981 bits per heavy atom. The number of carbonyl (C=O) groups is 1. The van der Waals surface area contributed by atoms with Crippen LogP contribution in [0.4, 0.5) is 0 Å². The van der Waals surface area contributed by atoms with Gasteiger partial charge in [0.1, 0.15) is 0 Å². The molecule has 52 heavy (non-hydrogen) atoms. The van der Waals surface area contributed by atoms with Gasteiger partial charge in [0.05, 0.1) is 12.7 Å². The Kier molecular flexibility index (Phi) is 38.5. The highest BCUT2D eigenvalue weighted by Gasteiger charge is 2.14. The smallest absolute Gasteiger partial charge is 0.220 e. The molecule has 0 aromatic heterocycles. The Hall–Kier alpha value is -1.17. The topological polar surface area (TPSA) is 50.8 Å². The molecular formula is C47H90N2O3. The first-order valence-corrected chi connectivity index (χ1v) is 23.2. The van der Waals surface area contributed by atoms with Crippen LogP contribution in [0.1, 0.15) is 219 Å². The van der Waals surface area contributed by atoms with Gasteiger partial charge in [-0.1, -0.05) is 154 Å². The second kappa shape index (κ2) is 41.0. The molecule has 0 aromatic rings. The minimum Gasteiger partial charge on any atom is -0.379 e. The summed E-state index contributed by atoms with van der Waals surface area (Å²) >= 11 is 0. The van der Waals surface area contributed by atoms with Crippen molar-refractivity contribution in [3.05, 3.63) is 24.3 Å². The number of nitrogens with zero attached hydrogens (tertiary/aromatic N) is 1. The molecule has 1 amide bonds. The lowest BCUT2D eigenvalue weighted by Gasteiger charge is -2.19. The van der Waals surface area contributed by atoms with Crippen LogP contribution in [0.3, 0.4) is 0 Å². The zero-order chi connectivity index (χ0) is 37.3. The summed E-state index contributed by atoms with van der Waals surface area (Å²) < 4.78 is 12.3. The van der Waals surface area contributed by atoms with E-state index in [1.165, 1.54) is 193 Å². The Balaban J connectivity index is 2.10. The predicted octanol–water partition coefficient (Wildman–Crippen LogP) is 13.5. The molecule has 5 heteroatoms. The van der Waals surface area contributed by atoms with Crippen molar-refractivity contribution in [2.75, 3.05) is 46.0 Å². The van der Waals surface area contributed by atoms with Gasteiger partial charge < -0.3 is 19.7 Å². The van der Waals surface area contributed by atoms with Gasteiger partial charge in [0.2, 0.25) is 5.91 Å². The molecule has 1 unspecified atom stereocenters. The van der Waals surface area contributed by atoms with E-state index in [0.717, 1.165) is 39.0 Å². The van der Waals surface area contributed by atoms with Crippen LogP contribution in [0.5, 0.6) is 0 Å². The molecule has 1 aliphatic rings. The van der Waals surface area contributed by atoms with Crippen molar-refractivity contribution in [3.63, 3.8) is 0 Å². The Labute approximate surface area is 325 Å². The van der Waals surface area contributed by atoms with Crippen molar-refractivity contribution in [3.8, 4) is 0 Å². The van der Waals surface area contributed by atoms with Crippen molar-refractivity contribution in [2.24, 2.45) is 0 Å². The molecule has 0 aromatic carbocycles. The van der Waals surface area contributed by atoms with E-state index < -0.39 is 0 Å². The van der Waals surface area contributed by atoms with Crippen LogP contribution in [-0.4, -0.2) is 62.9 Å². The summed E-state index contributed by atoms with van der Waals surface area (Å²) in [5.74, 6) is 0.151. The lowest BCUT2D eigenvalue weighted by atomic mass is 10.1. The number of rotatable bonds is 41. The van der Waals surface area contributed by atoms with Gasteiger partial charge in [-0.05, 0) is 103 Å². The van der Waals surface area contributed by atoms with Gasteiger partial charge in [0, 0.05) is 26.2 Å². The largest absolute Gasteiger partial charge is 0.379 e. The van der Waals surface area contributed by atoms with E-state index >= 15 is 0 Å². The van der Waals surface area contributed by atoms with E-state index in [2.05, 4.69) is 48.4 Å². The fourth-order valence-electron chi connectivity index (χ4n) is 7.22. The molecule has 0 aliphatic carbocycles. The fourth-order valence-corrected chi connectivity index (χ4v) is 7.22. The van der Waals surface area contributed by atoms with Crippen LogP contribution in [0.25, 0.3) is 0 Å². The number of nitrogens with one attached hydrogen (secondary N) is 1. The second-order valence-corrected chi connectivity index (χ2v) is 15.9. The molecule has 0 spiro atoms. The Morgan fingerprint density at radius 1 is 0.558 bits per heavy atom. The van der Waals surface area contributed by atoms with Crippen molar-refractivity contribution in [1.82, 2.24) is 10.2 Å². The number of unbranched alkanes of at least 4 members (excludes halogenated alkanes) is 24. The summed E-state index contributed by atoms with van der Waals surface area (Å²) in [5.41, 5.74) is 0. The van der Waals surface area contributed by atoms with Crippen LogP contribution < -0.4 is 5.32 Å². The van der Waals surface area contributed by atoms with E-state index in [4.69, 9.17) is 9.47 Å². The first-order valence-electron chi connectivity index (χ1n) is 23.2. The zero-order valence-electron chi connectivity index (χ0n) is 35.1. The zero-order valence-corrected chi connectivity index (χ0v) is 35.1. The Morgan fingerprint density at radius 3 is 1.46 bits per heavy atom. The SMILES string of the molecule is CCCCCCCC/C=C\CCCCCCCCOCC(CNC(=O)CCCN1CCCC1)OCCCCCCCC/C=C\CCCCCCCC. The molecule has 1 fully saturated rings. The summed E-state index contributed by atoms with van der Waals surface area (Å²) in [6.45, 7) is 10.7. The van der Waals surface area contributed by atoms with E-state index in [9.17, 15) is 4.79 Å². The molecule has 0 saturated carbocycles. The molecule has 1 N–H and O–H groups in total. The molecule has 1 saturated heterocycles. The highest BCUT2D eigenvalue weighted by molar-refractivity contribution is 5.75. The number of hydrogen-bond donors (Lipinski definition) is 1. The van der Waals surface area contributed by atoms with Crippen molar-refractivity contribution >= 4 is 5.91 Å². The van der Waals surface area contributed by atoms with Crippen LogP contribution >= 0.6 is 0 Å². The highest BCUT2D eigenvalue weighted by atomic mass is 16.5.